The molecule has 23 heavy (non-hydrogen) atoms. The summed E-state index contributed by atoms with van der Waals surface area (Å²) in [7, 11) is 0. The molecule has 1 unspecified atom stereocenters. The zero-order chi connectivity index (χ0) is 15.9. The fraction of sp³-hybridized carbons (Fsp3) is 0.368. The number of fused-ring (bicyclic) bond motifs is 1. The van der Waals surface area contributed by atoms with Gasteiger partial charge in [0.2, 0.25) is 6.41 Å². The molecule has 0 saturated heterocycles. The summed E-state index contributed by atoms with van der Waals surface area (Å²) in [5.41, 5.74) is 3.34. The van der Waals surface area contributed by atoms with Crippen molar-refractivity contribution in [1.29, 1.82) is 0 Å². The second-order valence-electron chi connectivity index (χ2n) is 6.61. The average molecular weight is 310 g/mol. The van der Waals surface area contributed by atoms with Gasteiger partial charge in [-0.25, -0.2) is 4.39 Å². The van der Waals surface area contributed by atoms with Gasteiger partial charge in [-0.2, -0.15) is 0 Å². The normalized spacial score (nSPS) is 22.5. The Morgan fingerprint density at radius 3 is 2.87 bits per heavy atom. The number of nitrogens with zero attached hydrogens (tertiary/aromatic N) is 1. The third kappa shape index (κ3) is 2.52. The summed E-state index contributed by atoms with van der Waals surface area (Å²) in [5, 5.41) is 3.90. The Bertz CT molecular complexity index is 795. The van der Waals surface area contributed by atoms with Gasteiger partial charge in [-0.3, -0.25) is 9.78 Å². The third-order valence-corrected chi connectivity index (χ3v) is 5.29. The summed E-state index contributed by atoms with van der Waals surface area (Å²) in [4.78, 5) is 15.1. The molecule has 0 radical (unpaired) electrons. The lowest BCUT2D eigenvalue weighted by molar-refractivity contribution is -0.110. The predicted molar refractivity (Wildman–Crippen MR) is 87.5 cm³/mol. The van der Waals surface area contributed by atoms with E-state index in [0.29, 0.717) is 5.92 Å². The Kier molecular flexibility index (Phi) is 3.40. The van der Waals surface area contributed by atoms with Crippen molar-refractivity contribution in [3.05, 3.63) is 53.5 Å². The number of allylic oxidation sites excluding steroid dienone is 1. The van der Waals surface area contributed by atoms with Crippen LogP contribution in [0, 0.1) is 5.82 Å². The van der Waals surface area contributed by atoms with Crippen molar-refractivity contribution < 1.29 is 9.18 Å². The Hall–Kier alpha value is -2.23. The van der Waals surface area contributed by atoms with E-state index in [4.69, 9.17) is 0 Å². The van der Waals surface area contributed by atoms with Crippen LogP contribution in [0.5, 0.6) is 0 Å². The van der Waals surface area contributed by atoms with Crippen LogP contribution in [-0.4, -0.2) is 16.9 Å². The summed E-state index contributed by atoms with van der Waals surface area (Å²) in [6.07, 6.45) is 9.96. The molecule has 1 amide bonds. The number of nitrogens with one attached hydrogen (secondary N) is 1. The highest BCUT2D eigenvalue weighted by Crippen LogP contribution is 2.47. The molecular weight excluding hydrogens is 291 g/mol. The molecule has 0 aliphatic heterocycles. The fourth-order valence-electron chi connectivity index (χ4n) is 3.84. The van der Waals surface area contributed by atoms with Crippen LogP contribution < -0.4 is 5.32 Å². The van der Waals surface area contributed by atoms with Crippen molar-refractivity contribution in [2.24, 2.45) is 0 Å². The van der Waals surface area contributed by atoms with Crippen molar-refractivity contribution in [2.45, 2.75) is 43.6 Å². The third-order valence-electron chi connectivity index (χ3n) is 5.29. The standard InChI is InChI=1S/C19H19FN2O/c20-15-5-6-18-17(11-15)16(7-10-21-18)13-1-3-14(4-2-13)19(8-9-19)22-12-23/h3,5-7,10-13H,1-2,4,8-9H2,(H,22,23). The van der Waals surface area contributed by atoms with E-state index in [2.05, 4.69) is 16.4 Å². The molecule has 3 nitrogen and oxygen atoms in total. The van der Waals surface area contributed by atoms with Crippen LogP contribution in [0.1, 0.15) is 43.6 Å². The Balaban J connectivity index is 1.63. The van der Waals surface area contributed by atoms with Gasteiger partial charge in [0, 0.05) is 11.6 Å². The summed E-state index contributed by atoms with van der Waals surface area (Å²) < 4.78 is 13.6. The van der Waals surface area contributed by atoms with Crippen LogP contribution in [0.25, 0.3) is 10.9 Å². The van der Waals surface area contributed by atoms with Gasteiger partial charge in [-0.15, -0.1) is 0 Å². The number of halogens is 1. The van der Waals surface area contributed by atoms with Crippen LogP contribution in [-0.2, 0) is 4.79 Å². The maximum atomic E-state index is 13.6. The number of carbonyl (C=O) groups excluding carboxylic acids is 1. The van der Waals surface area contributed by atoms with E-state index in [1.807, 2.05) is 12.3 Å². The van der Waals surface area contributed by atoms with Gasteiger partial charge in [0.1, 0.15) is 5.82 Å². The van der Waals surface area contributed by atoms with Gasteiger partial charge in [0.15, 0.2) is 0 Å². The lowest BCUT2D eigenvalue weighted by Gasteiger charge is -2.27. The van der Waals surface area contributed by atoms with Crippen molar-refractivity contribution in [1.82, 2.24) is 10.3 Å². The maximum Gasteiger partial charge on any atom is 0.207 e. The molecule has 2 aromatic rings. The quantitative estimate of drug-likeness (QED) is 0.688. The first-order chi connectivity index (χ1) is 11.2. The molecule has 2 aliphatic carbocycles. The lowest BCUT2D eigenvalue weighted by Crippen LogP contribution is -2.33. The Morgan fingerprint density at radius 2 is 2.17 bits per heavy atom. The number of rotatable bonds is 4. The lowest BCUT2D eigenvalue weighted by atomic mass is 9.81. The molecule has 1 aromatic heterocycles. The highest BCUT2D eigenvalue weighted by atomic mass is 19.1. The molecule has 1 atom stereocenters. The molecule has 1 heterocycles. The van der Waals surface area contributed by atoms with Crippen molar-refractivity contribution >= 4 is 17.3 Å². The molecule has 1 saturated carbocycles. The zero-order valence-electron chi connectivity index (χ0n) is 12.9. The highest BCUT2D eigenvalue weighted by Gasteiger charge is 2.46. The molecule has 4 heteroatoms. The second kappa shape index (κ2) is 5.44. The Labute approximate surface area is 134 Å². The number of aromatic nitrogens is 1. The zero-order valence-corrected chi connectivity index (χ0v) is 12.9. The monoisotopic (exact) mass is 310 g/mol. The van der Waals surface area contributed by atoms with Crippen molar-refractivity contribution in [2.75, 3.05) is 0 Å². The van der Waals surface area contributed by atoms with Gasteiger partial charge in [-0.05, 0) is 73.4 Å². The number of pyridine rings is 1. The molecule has 0 bridgehead atoms. The van der Waals surface area contributed by atoms with Crippen LogP contribution in [0.15, 0.2) is 42.1 Å². The van der Waals surface area contributed by atoms with Gasteiger partial charge >= 0.3 is 0 Å². The molecule has 1 fully saturated rings. The first kappa shape index (κ1) is 14.4. The first-order valence-corrected chi connectivity index (χ1v) is 8.17. The number of benzene rings is 1. The minimum absolute atomic E-state index is 0.0564. The molecule has 1 N–H and O–H groups in total. The number of carbonyl (C=O) groups is 1. The topological polar surface area (TPSA) is 42.0 Å². The van der Waals surface area contributed by atoms with E-state index in [0.717, 1.165) is 49.4 Å². The van der Waals surface area contributed by atoms with Gasteiger partial charge in [-0.1, -0.05) is 6.08 Å². The second-order valence-corrected chi connectivity index (χ2v) is 6.61. The predicted octanol–water partition coefficient (Wildman–Crippen LogP) is 3.85. The van der Waals surface area contributed by atoms with Crippen LogP contribution in [0.4, 0.5) is 4.39 Å². The first-order valence-electron chi connectivity index (χ1n) is 8.17. The van der Waals surface area contributed by atoms with E-state index in [1.165, 1.54) is 17.2 Å². The summed E-state index contributed by atoms with van der Waals surface area (Å²) in [5.74, 6) is 0.170. The van der Waals surface area contributed by atoms with E-state index in [1.54, 1.807) is 12.1 Å². The molecule has 1 aromatic carbocycles. The molecule has 2 aliphatic rings. The maximum absolute atomic E-state index is 13.6. The van der Waals surface area contributed by atoms with Crippen molar-refractivity contribution in [3.8, 4) is 0 Å². The van der Waals surface area contributed by atoms with Crippen LogP contribution in [0.2, 0.25) is 0 Å². The summed E-state index contributed by atoms with van der Waals surface area (Å²) in [6.45, 7) is 0. The fourth-order valence-corrected chi connectivity index (χ4v) is 3.84. The van der Waals surface area contributed by atoms with Gasteiger partial charge in [0.25, 0.3) is 0 Å². The highest BCUT2D eigenvalue weighted by molar-refractivity contribution is 5.82. The smallest absolute Gasteiger partial charge is 0.207 e. The molecule has 4 rings (SSSR count). The van der Waals surface area contributed by atoms with Crippen LogP contribution in [0.3, 0.4) is 0 Å². The minimum atomic E-state index is -0.217. The SMILES string of the molecule is O=CNC1(C2=CCC(c3ccnc4ccc(F)cc34)CC2)CC1. The largest absolute Gasteiger partial charge is 0.349 e. The molecular formula is C19H19FN2O. The van der Waals surface area contributed by atoms with E-state index >= 15 is 0 Å². The van der Waals surface area contributed by atoms with Gasteiger partial charge in [0.05, 0.1) is 11.1 Å². The van der Waals surface area contributed by atoms with E-state index < -0.39 is 0 Å². The van der Waals surface area contributed by atoms with Crippen LogP contribution >= 0.6 is 0 Å². The average Bonchev–Trinajstić information content (AvgIpc) is 3.36. The number of amides is 1. The summed E-state index contributed by atoms with van der Waals surface area (Å²) >= 11 is 0. The Morgan fingerprint density at radius 1 is 1.30 bits per heavy atom. The van der Waals surface area contributed by atoms with E-state index in [-0.39, 0.29) is 11.4 Å². The number of hydrogen-bond donors (Lipinski definition) is 1. The molecule has 0 spiro atoms. The molecule has 118 valence electrons. The van der Waals surface area contributed by atoms with E-state index in [9.17, 15) is 9.18 Å². The van der Waals surface area contributed by atoms with Gasteiger partial charge < -0.3 is 5.32 Å². The summed E-state index contributed by atoms with van der Waals surface area (Å²) in [6, 6.07) is 6.81. The number of hydrogen-bond acceptors (Lipinski definition) is 2. The minimum Gasteiger partial charge on any atom is -0.349 e. The van der Waals surface area contributed by atoms with Crippen molar-refractivity contribution in [3.63, 3.8) is 0 Å².